The van der Waals surface area contributed by atoms with Gasteiger partial charge in [0.1, 0.15) is 0 Å². The molecule has 194 valence electrons. The summed E-state index contributed by atoms with van der Waals surface area (Å²) in [6.07, 6.45) is 3.26. The summed E-state index contributed by atoms with van der Waals surface area (Å²) >= 11 is 0. The van der Waals surface area contributed by atoms with Gasteiger partial charge in [-0.05, 0) is 48.4 Å². The number of piperazine rings is 1. The summed E-state index contributed by atoms with van der Waals surface area (Å²) in [5, 5.41) is 0. The van der Waals surface area contributed by atoms with Gasteiger partial charge in [0.05, 0.1) is 5.69 Å². The number of fused-ring (bicyclic) bond motifs is 1. The van der Waals surface area contributed by atoms with Crippen LogP contribution >= 0.6 is 0 Å². The van der Waals surface area contributed by atoms with Crippen LogP contribution < -0.4 is 14.9 Å². The molecule has 2 aromatic heterocycles. The van der Waals surface area contributed by atoms with E-state index in [1.807, 2.05) is 35.9 Å². The van der Waals surface area contributed by atoms with Crippen LogP contribution in [0.15, 0.2) is 79.1 Å². The summed E-state index contributed by atoms with van der Waals surface area (Å²) in [4.78, 5) is 22.0. The predicted octanol–water partition coefficient (Wildman–Crippen LogP) is 4.29. The van der Waals surface area contributed by atoms with Gasteiger partial charge >= 0.3 is 0 Å². The largest absolute Gasteiger partial charge is 0.454 e. The van der Waals surface area contributed by atoms with E-state index in [1.54, 1.807) is 24.5 Å². The lowest BCUT2D eigenvalue weighted by atomic mass is 10.1. The van der Waals surface area contributed by atoms with Gasteiger partial charge in [-0.25, -0.2) is 0 Å². The number of ether oxygens (including phenoxy) is 2. The average Bonchev–Trinajstić information content (AvgIpc) is 3.54. The monoisotopic (exact) mass is 509 g/mol. The van der Waals surface area contributed by atoms with E-state index < -0.39 is 0 Å². The van der Waals surface area contributed by atoms with E-state index in [1.165, 1.54) is 11.1 Å². The fourth-order valence-corrected chi connectivity index (χ4v) is 5.19. The lowest BCUT2D eigenvalue weighted by Gasteiger charge is -2.34. The summed E-state index contributed by atoms with van der Waals surface area (Å²) in [6.45, 7) is 8.00. The molecule has 6 rings (SSSR count). The second kappa shape index (κ2) is 10.7. The highest BCUT2D eigenvalue weighted by molar-refractivity contribution is 6.00. The highest BCUT2D eigenvalue weighted by Gasteiger charge is 2.23. The van der Waals surface area contributed by atoms with Crippen molar-refractivity contribution < 1.29 is 14.3 Å². The first-order chi connectivity index (χ1) is 18.6. The molecule has 0 aliphatic carbocycles. The third-order valence-corrected chi connectivity index (χ3v) is 7.17. The van der Waals surface area contributed by atoms with Gasteiger partial charge < -0.3 is 9.47 Å². The van der Waals surface area contributed by atoms with Gasteiger partial charge in [0, 0.05) is 68.5 Å². The Balaban J connectivity index is 1.16. The van der Waals surface area contributed by atoms with Gasteiger partial charge in [-0.15, -0.1) is 0 Å². The summed E-state index contributed by atoms with van der Waals surface area (Å²) in [7, 11) is 0. The Bertz CT molecular complexity index is 1410. The second-order valence-corrected chi connectivity index (χ2v) is 9.78. The van der Waals surface area contributed by atoms with Crippen LogP contribution in [0.3, 0.4) is 0 Å². The predicted molar refractivity (Wildman–Crippen MR) is 146 cm³/mol. The first kappa shape index (κ1) is 24.2. The number of pyridine rings is 1. The average molecular weight is 510 g/mol. The van der Waals surface area contributed by atoms with Crippen LogP contribution in [0.5, 0.6) is 11.5 Å². The molecule has 0 atom stereocenters. The van der Waals surface area contributed by atoms with Gasteiger partial charge in [-0.2, -0.15) is 0 Å². The zero-order chi connectivity index (χ0) is 25.9. The molecule has 0 radical (unpaired) electrons. The molecular formula is C30H31N5O3. The van der Waals surface area contributed by atoms with Gasteiger partial charge in [0.15, 0.2) is 11.5 Å². The van der Waals surface area contributed by atoms with Crippen molar-refractivity contribution in [3.8, 4) is 22.8 Å². The summed E-state index contributed by atoms with van der Waals surface area (Å²) in [5.41, 5.74) is 9.21. The number of aryl methyl sites for hydroxylation is 1. The Morgan fingerprint density at radius 2 is 1.58 bits per heavy atom. The number of hydrogen-bond donors (Lipinski definition) is 1. The van der Waals surface area contributed by atoms with Crippen molar-refractivity contribution in [2.45, 2.75) is 20.0 Å². The van der Waals surface area contributed by atoms with E-state index >= 15 is 0 Å². The van der Waals surface area contributed by atoms with Crippen LogP contribution in [0.2, 0.25) is 0 Å². The Hall–Kier alpha value is -4.14. The molecule has 1 saturated heterocycles. The minimum Gasteiger partial charge on any atom is -0.454 e. The number of carbonyl (C=O) groups is 1. The zero-order valence-corrected chi connectivity index (χ0v) is 21.5. The number of amides is 1. The van der Waals surface area contributed by atoms with Gasteiger partial charge in [0.25, 0.3) is 5.91 Å². The number of aromatic nitrogens is 2. The molecule has 0 unspecified atom stereocenters. The van der Waals surface area contributed by atoms with Crippen molar-refractivity contribution in [3.05, 3.63) is 102 Å². The molecule has 4 aromatic rings. The van der Waals surface area contributed by atoms with Crippen molar-refractivity contribution >= 4 is 5.91 Å². The number of carbonyl (C=O) groups excluding carboxylic acids is 1. The quantitative estimate of drug-likeness (QED) is 0.401. The molecule has 1 N–H and O–H groups in total. The number of nitrogens with zero attached hydrogens (tertiary/aromatic N) is 4. The fraction of sp³-hybridized carbons (Fsp3) is 0.267. The minimum atomic E-state index is -0.160. The molecule has 8 heteroatoms. The van der Waals surface area contributed by atoms with E-state index in [4.69, 9.17) is 9.47 Å². The van der Waals surface area contributed by atoms with Crippen LogP contribution in [0.25, 0.3) is 11.3 Å². The molecule has 8 nitrogen and oxygen atoms in total. The topological polar surface area (TPSA) is 71.9 Å². The van der Waals surface area contributed by atoms with Gasteiger partial charge in [-0.3, -0.25) is 29.7 Å². The van der Waals surface area contributed by atoms with Crippen LogP contribution in [-0.4, -0.2) is 58.3 Å². The van der Waals surface area contributed by atoms with Crippen molar-refractivity contribution in [3.63, 3.8) is 0 Å². The molecule has 38 heavy (non-hydrogen) atoms. The molecule has 2 aromatic carbocycles. The first-order valence-electron chi connectivity index (χ1n) is 13.0. The lowest BCUT2D eigenvalue weighted by Crippen LogP contribution is -2.45. The standard InChI is InChI=1S/C30H31N5O3/c1-22-17-26(20-34-15-13-33(14-16-34)19-23-7-8-27-28(18-23)38-21-37-27)29(24-5-3-2-4-6-24)35(22)32-30(36)25-9-11-31-12-10-25/h2-12,17-18H,13-16,19-21H2,1H3,(H,32,36). The molecule has 0 spiro atoms. The highest BCUT2D eigenvalue weighted by atomic mass is 16.7. The molecular weight excluding hydrogens is 478 g/mol. The third-order valence-electron chi connectivity index (χ3n) is 7.17. The Morgan fingerprint density at radius 3 is 2.34 bits per heavy atom. The fourth-order valence-electron chi connectivity index (χ4n) is 5.19. The summed E-state index contributed by atoms with van der Waals surface area (Å²) in [5.74, 6) is 1.50. The third kappa shape index (κ3) is 5.14. The number of rotatable bonds is 7. The van der Waals surface area contributed by atoms with E-state index in [0.29, 0.717) is 12.4 Å². The zero-order valence-electron chi connectivity index (χ0n) is 21.5. The highest BCUT2D eigenvalue weighted by Crippen LogP contribution is 2.33. The molecule has 1 amide bonds. The molecule has 0 saturated carbocycles. The van der Waals surface area contributed by atoms with E-state index in [2.05, 4.69) is 50.5 Å². The Labute approximate surface area is 222 Å². The van der Waals surface area contributed by atoms with Crippen LogP contribution in [0.4, 0.5) is 0 Å². The van der Waals surface area contributed by atoms with Crippen molar-refractivity contribution in [1.82, 2.24) is 19.5 Å². The molecule has 2 aliphatic rings. The molecule has 1 fully saturated rings. The van der Waals surface area contributed by atoms with E-state index in [-0.39, 0.29) is 5.91 Å². The maximum Gasteiger partial charge on any atom is 0.270 e. The number of benzene rings is 2. The van der Waals surface area contributed by atoms with Crippen molar-refractivity contribution in [2.75, 3.05) is 38.4 Å². The van der Waals surface area contributed by atoms with Gasteiger partial charge in [-0.1, -0.05) is 36.4 Å². The molecule has 4 heterocycles. The van der Waals surface area contributed by atoms with Crippen LogP contribution in [0.1, 0.15) is 27.2 Å². The van der Waals surface area contributed by atoms with Gasteiger partial charge in [0.2, 0.25) is 6.79 Å². The normalized spacial score (nSPS) is 15.5. The van der Waals surface area contributed by atoms with Crippen molar-refractivity contribution in [2.24, 2.45) is 0 Å². The van der Waals surface area contributed by atoms with E-state index in [9.17, 15) is 4.79 Å². The maximum absolute atomic E-state index is 13.0. The summed E-state index contributed by atoms with van der Waals surface area (Å²) < 4.78 is 12.9. The molecule has 0 bridgehead atoms. The maximum atomic E-state index is 13.0. The van der Waals surface area contributed by atoms with Crippen molar-refractivity contribution in [1.29, 1.82) is 0 Å². The number of hydrogen-bond acceptors (Lipinski definition) is 6. The minimum absolute atomic E-state index is 0.160. The second-order valence-electron chi connectivity index (χ2n) is 9.78. The Kier molecular flexibility index (Phi) is 6.81. The first-order valence-corrected chi connectivity index (χ1v) is 13.0. The molecule has 2 aliphatic heterocycles. The van der Waals surface area contributed by atoms with Crippen LogP contribution in [0, 0.1) is 6.92 Å². The Morgan fingerprint density at radius 1 is 0.868 bits per heavy atom. The lowest BCUT2D eigenvalue weighted by molar-refractivity contribution is 0.101. The number of nitrogens with one attached hydrogen (secondary N) is 1. The summed E-state index contributed by atoms with van der Waals surface area (Å²) in [6, 6.07) is 22.1. The van der Waals surface area contributed by atoms with Crippen LogP contribution in [-0.2, 0) is 13.1 Å². The smallest absolute Gasteiger partial charge is 0.270 e. The van der Waals surface area contributed by atoms with E-state index in [0.717, 1.165) is 67.7 Å². The SMILES string of the molecule is Cc1cc(CN2CCN(Cc3ccc4c(c3)OCO4)CC2)c(-c2ccccc2)n1NC(=O)c1ccncc1.